The number of rotatable bonds is 10. The SMILES string of the molecule is COCCN(CCNS(=O)(=O)c1cc2c(cc1C)NC(=O)CO2)Cc1ccco1. The number of ether oxygens (including phenoxy) is 2. The van der Waals surface area contributed by atoms with E-state index in [1.54, 1.807) is 26.4 Å². The summed E-state index contributed by atoms with van der Waals surface area (Å²) in [5.74, 6) is 0.877. The molecule has 0 radical (unpaired) electrons. The van der Waals surface area contributed by atoms with E-state index in [0.717, 1.165) is 5.76 Å². The lowest BCUT2D eigenvalue weighted by Gasteiger charge is -2.22. The van der Waals surface area contributed by atoms with Crippen molar-refractivity contribution in [1.29, 1.82) is 0 Å². The molecule has 1 aromatic heterocycles. The summed E-state index contributed by atoms with van der Waals surface area (Å²) in [4.78, 5) is 13.6. The van der Waals surface area contributed by atoms with Gasteiger partial charge in [0.25, 0.3) is 5.91 Å². The van der Waals surface area contributed by atoms with Gasteiger partial charge in [0.2, 0.25) is 10.0 Å². The lowest BCUT2D eigenvalue weighted by atomic mass is 10.2. The molecule has 29 heavy (non-hydrogen) atoms. The summed E-state index contributed by atoms with van der Waals surface area (Å²) in [5.41, 5.74) is 0.996. The molecule has 1 amide bonds. The zero-order valence-corrected chi connectivity index (χ0v) is 17.3. The molecule has 9 nitrogen and oxygen atoms in total. The fourth-order valence-electron chi connectivity index (χ4n) is 3.03. The highest BCUT2D eigenvalue weighted by Gasteiger charge is 2.23. The first-order chi connectivity index (χ1) is 13.9. The summed E-state index contributed by atoms with van der Waals surface area (Å²) >= 11 is 0. The van der Waals surface area contributed by atoms with Crippen molar-refractivity contribution in [3.8, 4) is 5.75 Å². The van der Waals surface area contributed by atoms with E-state index in [0.29, 0.717) is 43.2 Å². The quantitative estimate of drug-likeness (QED) is 0.593. The fourth-order valence-corrected chi connectivity index (χ4v) is 4.30. The third-order valence-electron chi connectivity index (χ3n) is 4.49. The molecule has 0 unspecified atom stereocenters. The van der Waals surface area contributed by atoms with E-state index in [9.17, 15) is 13.2 Å². The Balaban J connectivity index is 1.65. The maximum atomic E-state index is 12.8. The average Bonchev–Trinajstić information content (AvgIpc) is 3.18. The van der Waals surface area contributed by atoms with Crippen molar-refractivity contribution in [3.63, 3.8) is 0 Å². The highest BCUT2D eigenvalue weighted by molar-refractivity contribution is 7.89. The molecule has 0 saturated heterocycles. The molecule has 0 atom stereocenters. The Bertz CT molecular complexity index is 943. The number of hydrogen-bond acceptors (Lipinski definition) is 7. The number of aryl methyl sites for hydroxylation is 1. The van der Waals surface area contributed by atoms with E-state index < -0.39 is 10.0 Å². The maximum absolute atomic E-state index is 12.8. The first kappa shape index (κ1) is 21.3. The molecule has 0 bridgehead atoms. The highest BCUT2D eigenvalue weighted by atomic mass is 32.2. The van der Waals surface area contributed by atoms with Crippen LogP contribution in [0.2, 0.25) is 0 Å². The van der Waals surface area contributed by atoms with Gasteiger partial charge >= 0.3 is 0 Å². The van der Waals surface area contributed by atoms with Crippen LogP contribution in [0.1, 0.15) is 11.3 Å². The largest absolute Gasteiger partial charge is 0.482 e. The van der Waals surface area contributed by atoms with E-state index in [1.807, 2.05) is 17.0 Å². The minimum atomic E-state index is -3.74. The number of sulfonamides is 1. The number of amides is 1. The van der Waals surface area contributed by atoms with Crippen LogP contribution in [0.25, 0.3) is 0 Å². The third-order valence-corrected chi connectivity index (χ3v) is 6.09. The Labute approximate surface area is 170 Å². The molecular formula is C19H25N3O6S. The van der Waals surface area contributed by atoms with Gasteiger partial charge in [0.15, 0.2) is 6.61 Å². The number of fused-ring (bicyclic) bond motifs is 1. The summed E-state index contributed by atoms with van der Waals surface area (Å²) in [6.45, 7) is 3.98. The Morgan fingerprint density at radius 3 is 2.86 bits per heavy atom. The molecule has 1 aliphatic heterocycles. The van der Waals surface area contributed by atoms with Gasteiger partial charge < -0.3 is 19.2 Å². The topological polar surface area (TPSA) is 110 Å². The monoisotopic (exact) mass is 423 g/mol. The normalized spacial score (nSPS) is 13.8. The summed E-state index contributed by atoms with van der Waals surface area (Å²) in [6, 6.07) is 6.73. The lowest BCUT2D eigenvalue weighted by Crippen LogP contribution is -2.36. The van der Waals surface area contributed by atoms with Crippen LogP contribution >= 0.6 is 0 Å². The molecule has 158 valence electrons. The van der Waals surface area contributed by atoms with Crippen molar-refractivity contribution < 1.29 is 27.1 Å². The minimum absolute atomic E-state index is 0.127. The number of methoxy groups -OCH3 is 1. The standard InChI is InChI=1S/C19H25N3O6S/c1-14-10-16-17(28-13-19(23)21-16)11-18(14)29(24,25)20-5-6-22(7-9-26-2)12-15-4-3-8-27-15/h3-4,8,10-11,20H,5-7,9,12-13H2,1-2H3,(H,21,23). The molecule has 0 saturated carbocycles. The second kappa shape index (κ2) is 9.40. The number of furan rings is 1. The van der Waals surface area contributed by atoms with Gasteiger partial charge in [0, 0.05) is 32.8 Å². The highest BCUT2D eigenvalue weighted by Crippen LogP contribution is 2.32. The number of carbonyl (C=O) groups excluding carboxylic acids is 1. The second-order valence-corrected chi connectivity index (χ2v) is 8.43. The molecule has 0 spiro atoms. The fraction of sp³-hybridized carbons (Fsp3) is 0.421. The zero-order valence-electron chi connectivity index (χ0n) is 16.4. The van der Waals surface area contributed by atoms with Crippen LogP contribution in [0.3, 0.4) is 0 Å². The lowest BCUT2D eigenvalue weighted by molar-refractivity contribution is -0.118. The molecule has 10 heteroatoms. The van der Waals surface area contributed by atoms with E-state index >= 15 is 0 Å². The van der Waals surface area contributed by atoms with Crippen molar-refractivity contribution in [2.24, 2.45) is 0 Å². The number of hydrogen-bond donors (Lipinski definition) is 2. The van der Waals surface area contributed by atoms with Crippen LogP contribution in [0.4, 0.5) is 5.69 Å². The smallest absolute Gasteiger partial charge is 0.262 e. The Morgan fingerprint density at radius 1 is 1.31 bits per heavy atom. The van der Waals surface area contributed by atoms with E-state index in [-0.39, 0.29) is 24.0 Å². The molecule has 2 aromatic rings. The Hall–Kier alpha value is -2.40. The van der Waals surface area contributed by atoms with E-state index in [2.05, 4.69) is 10.0 Å². The van der Waals surface area contributed by atoms with E-state index in [1.165, 1.54) is 6.07 Å². The first-order valence-electron chi connectivity index (χ1n) is 9.19. The predicted molar refractivity (Wildman–Crippen MR) is 106 cm³/mol. The first-order valence-corrected chi connectivity index (χ1v) is 10.7. The molecule has 3 rings (SSSR count). The van der Waals surface area contributed by atoms with E-state index in [4.69, 9.17) is 13.9 Å². The van der Waals surface area contributed by atoms with Gasteiger partial charge in [-0.1, -0.05) is 0 Å². The maximum Gasteiger partial charge on any atom is 0.262 e. The summed E-state index contributed by atoms with van der Waals surface area (Å²) in [5, 5.41) is 2.67. The molecular weight excluding hydrogens is 398 g/mol. The van der Waals surface area contributed by atoms with Gasteiger partial charge in [-0.2, -0.15) is 0 Å². The van der Waals surface area contributed by atoms with Crippen molar-refractivity contribution >= 4 is 21.6 Å². The number of anilines is 1. The summed E-state index contributed by atoms with van der Waals surface area (Å²) < 4.78 is 44.1. The number of carbonyl (C=O) groups is 1. The summed E-state index contributed by atoms with van der Waals surface area (Å²) in [6.07, 6.45) is 1.61. The van der Waals surface area contributed by atoms with Crippen LogP contribution in [-0.4, -0.2) is 59.2 Å². The Kier molecular flexibility index (Phi) is 6.91. The van der Waals surface area contributed by atoms with Gasteiger partial charge in [-0.3, -0.25) is 9.69 Å². The van der Waals surface area contributed by atoms with Crippen molar-refractivity contribution in [2.45, 2.75) is 18.4 Å². The molecule has 2 heterocycles. The van der Waals surface area contributed by atoms with Gasteiger partial charge in [0.1, 0.15) is 11.5 Å². The third kappa shape index (κ3) is 5.57. The molecule has 0 fully saturated rings. The van der Waals surface area contributed by atoms with Gasteiger partial charge in [-0.05, 0) is 30.7 Å². The second-order valence-electron chi connectivity index (χ2n) is 6.70. The number of benzene rings is 1. The van der Waals surface area contributed by atoms with Crippen molar-refractivity contribution in [2.75, 3.05) is 45.3 Å². The van der Waals surface area contributed by atoms with Crippen LogP contribution in [-0.2, 0) is 26.1 Å². The van der Waals surface area contributed by atoms with Crippen LogP contribution in [0.15, 0.2) is 39.8 Å². The van der Waals surface area contributed by atoms with Crippen molar-refractivity contribution in [1.82, 2.24) is 9.62 Å². The molecule has 2 N–H and O–H groups in total. The van der Waals surface area contributed by atoms with Gasteiger partial charge in [-0.15, -0.1) is 0 Å². The Morgan fingerprint density at radius 2 is 2.14 bits per heavy atom. The predicted octanol–water partition coefficient (Wildman–Crippen LogP) is 1.35. The number of nitrogens with one attached hydrogen (secondary N) is 2. The van der Waals surface area contributed by atoms with Gasteiger partial charge in [0.05, 0.1) is 30.0 Å². The van der Waals surface area contributed by atoms with Crippen molar-refractivity contribution in [3.05, 3.63) is 41.9 Å². The molecule has 0 aliphatic carbocycles. The summed E-state index contributed by atoms with van der Waals surface area (Å²) in [7, 11) is -2.12. The molecule has 1 aromatic carbocycles. The molecule has 1 aliphatic rings. The average molecular weight is 423 g/mol. The van der Waals surface area contributed by atoms with Crippen LogP contribution < -0.4 is 14.8 Å². The van der Waals surface area contributed by atoms with Gasteiger partial charge in [-0.25, -0.2) is 13.1 Å². The number of nitrogens with zero attached hydrogens (tertiary/aromatic N) is 1. The van der Waals surface area contributed by atoms with Crippen LogP contribution in [0.5, 0.6) is 5.75 Å². The minimum Gasteiger partial charge on any atom is -0.482 e. The zero-order chi connectivity index (χ0) is 20.9. The van der Waals surface area contributed by atoms with Crippen LogP contribution in [0, 0.1) is 6.92 Å².